The molecule has 0 aromatic heterocycles. The molecule has 0 bridgehead atoms. The van der Waals surface area contributed by atoms with E-state index in [-0.39, 0.29) is 53.2 Å². The summed E-state index contributed by atoms with van der Waals surface area (Å²) in [6.45, 7) is 23.1. The normalized spacial score (nSPS) is 11.1. The van der Waals surface area contributed by atoms with Crippen LogP contribution in [-0.2, 0) is 78.3 Å². The van der Waals surface area contributed by atoms with Gasteiger partial charge in [-0.3, -0.25) is 24.0 Å². The number of hydrogen-bond donors (Lipinski definition) is 2. The van der Waals surface area contributed by atoms with E-state index in [2.05, 4.69) is 75.6 Å². The van der Waals surface area contributed by atoms with E-state index in [4.69, 9.17) is 53.3 Å². The number of aryl methyl sites for hydroxylation is 2. The number of nitrogens with zero attached hydrogens (tertiary/aromatic N) is 2. The van der Waals surface area contributed by atoms with Gasteiger partial charge < -0.3 is 37.9 Å². The molecule has 2 N–H and O–H groups in total. The number of ketones is 3. The van der Waals surface area contributed by atoms with Crippen LogP contribution in [0.3, 0.4) is 0 Å². The molecule has 6 aromatic rings. The molecule has 0 heterocycles. The molecule has 0 unspecified atom stereocenters. The summed E-state index contributed by atoms with van der Waals surface area (Å²) in [7, 11) is -13.5. The Bertz CT molecular complexity index is 3990. The average molecular weight is 1480 g/mol. The fraction of sp³-hybridized carbons (Fsp3) is 0.293. The van der Waals surface area contributed by atoms with Gasteiger partial charge >= 0.3 is 53.4 Å². The lowest BCUT2D eigenvalue weighted by molar-refractivity contribution is -0.143. The third kappa shape index (κ3) is 45.6. The van der Waals surface area contributed by atoms with Gasteiger partial charge in [-0.05, 0) is 182 Å². The summed E-state index contributed by atoms with van der Waals surface area (Å²) in [6, 6.07) is 44.8. The number of hydrogen-bond acceptors (Lipinski definition) is 21. The summed E-state index contributed by atoms with van der Waals surface area (Å²) in [6.07, 6.45) is 20.9. The molecule has 0 spiro atoms. The third-order valence-corrected chi connectivity index (χ3v) is 15.9. The SMILES string of the molecule is CCS(=O)(=O)Oc1cccc(/C=C/C(=O)/C=C/c2cccc(OS(=O)(=O)CC)c2)c1.CCc1cccc(/C=C/C(=O)/C=C/c2cccc(OCCN(CC)CC)c2)c1.CCc1cccc(/C=C/C(=O)/C=C/c2cccc(OCCN(CC)CC)c2)c1.O=C(O)CCC(=O)O.O=S(=O)=O.O=S(=O)=O. The van der Waals surface area contributed by atoms with Gasteiger partial charge in [0, 0.05) is 13.1 Å². The Labute approximate surface area is 602 Å². The van der Waals surface area contributed by atoms with Crippen LogP contribution in [0.2, 0.25) is 0 Å². The van der Waals surface area contributed by atoms with Crippen LogP contribution in [0.5, 0.6) is 23.0 Å². The fourth-order valence-corrected chi connectivity index (χ4v) is 9.15. The molecule has 6 rings (SSSR count). The van der Waals surface area contributed by atoms with E-state index in [1.165, 1.54) is 73.5 Å². The van der Waals surface area contributed by atoms with Gasteiger partial charge in [0.1, 0.15) is 36.2 Å². The zero-order valence-corrected chi connectivity index (χ0v) is 61.6. The number of carbonyl (C=O) groups is 5. The van der Waals surface area contributed by atoms with Crippen LogP contribution in [-0.4, -0.2) is 155 Å². The van der Waals surface area contributed by atoms with Gasteiger partial charge in [-0.15, -0.1) is 25.3 Å². The lowest BCUT2D eigenvalue weighted by Gasteiger charge is -2.18. The summed E-state index contributed by atoms with van der Waals surface area (Å²) in [5.41, 5.74) is 7.73. The smallest absolute Gasteiger partial charge is 0.425 e. The Kier molecular flexibility index (Phi) is 45.9. The van der Waals surface area contributed by atoms with Crippen LogP contribution in [0.1, 0.15) is 113 Å². The highest BCUT2D eigenvalue weighted by Crippen LogP contribution is 2.20. The third-order valence-electron chi connectivity index (χ3n) is 13.6. The zero-order valence-electron chi connectivity index (χ0n) is 58.4. The Morgan fingerprint density at radius 3 is 0.843 bits per heavy atom. The van der Waals surface area contributed by atoms with Crippen LogP contribution in [0.25, 0.3) is 36.5 Å². The number of likely N-dealkylation sites (N-methyl/N-ethyl adjacent to an activating group) is 2. The maximum atomic E-state index is 12.1. The monoisotopic (exact) mass is 1480 g/mol. The topological polar surface area (TPSA) is 340 Å². The average Bonchev–Trinajstić information content (AvgIpc) is 0.898. The molecule has 0 fully saturated rings. The molecule has 6 aromatic carbocycles. The van der Waals surface area contributed by atoms with E-state index in [0.717, 1.165) is 85.9 Å². The lowest BCUT2D eigenvalue weighted by atomic mass is 10.1. The van der Waals surface area contributed by atoms with E-state index in [9.17, 15) is 40.8 Å². The Morgan fingerprint density at radius 1 is 0.373 bits per heavy atom. The second-order valence-corrected chi connectivity index (χ2v) is 25.5. The minimum atomic E-state index is -3.63. The summed E-state index contributed by atoms with van der Waals surface area (Å²) in [4.78, 5) is 60.3. The predicted molar refractivity (Wildman–Crippen MR) is 397 cm³/mol. The van der Waals surface area contributed by atoms with Gasteiger partial charge in [0.25, 0.3) is 0 Å². The van der Waals surface area contributed by atoms with Gasteiger partial charge in [0.15, 0.2) is 17.3 Å². The van der Waals surface area contributed by atoms with Crippen molar-refractivity contribution in [2.24, 2.45) is 0 Å². The highest BCUT2D eigenvalue weighted by molar-refractivity contribution is 7.87. The van der Waals surface area contributed by atoms with Crippen LogP contribution < -0.4 is 17.8 Å². The molecular weight excluding hydrogens is 1390 g/mol. The van der Waals surface area contributed by atoms with Gasteiger partial charge in [0.05, 0.1) is 24.3 Å². The van der Waals surface area contributed by atoms with E-state index < -0.39 is 53.4 Å². The summed E-state index contributed by atoms with van der Waals surface area (Å²) in [5, 5.41) is 15.8. The summed E-state index contributed by atoms with van der Waals surface area (Å²) >= 11 is 0. The number of allylic oxidation sites excluding steroid dienone is 6. The first-order valence-electron chi connectivity index (χ1n) is 32.3. The minimum absolute atomic E-state index is 0.0326. The maximum Gasteiger partial charge on any atom is 0.425 e. The standard InChI is InChI=1S/2C25H31NO2.C21H22O7S2.C4H6O4.2O3S/c2*1-4-21-9-7-10-22(19-21)13-15-24(27)16-14-23-11-8-12-25(20-23)28-18-17-26(5-2)6-3;1-3-29(23,24)27-20-9-5-7-17(15-20)11-13-19(22)14-12-18-8-6-10-21(16-18)28-30(25,26)4-2;5-3(6)1-2-4(7)8;2*1-4(2)3/h2*7-16,19-20H,4-6,17-18H2,1-3H3;5-16H,3-4H2,1-2H3;1-2H2,(H,5,6)(H,7,8);;/b2*15-13+,16-14+;13-11+,14-12+;;;. The molecule has 0 atom stereocenters. The van der Waals surface area contributed by atoms with Gasteiger partial charge in [0.2, 0.25) is 0 Å². The first kappa shape index (κ1) is 90.0. The predicted octanol–water partition coefficient (Wildman–Crippen LogP) is 11.9. The van der Waals surface area contributed by atoms with E-state index in [1.807, 2.05) is 97.1 Å². The number of rotatable bonds is 35. The molecule has 0 aliphatic heterocycles. The molecule has 0 saturated carbocycles. The molecular formula is C75H90N2O21S4. The van der Waals surface area contributed by atoms with Crippen molar-refractivity contribution in [2.75, 3.05) is 64.0 Å². The maximum absolute atomic E-state index is 12.1. The van der Waals surface area contributed by atoms with Crippen molar-refractivity contribution in [1.82, 2.24) is 9.80 Å². The molecule has 0 aliphatic rings. The number of carboxylic acids is 2. The van der Waals surface area contributed by atoms with Gasteiger partial charge in [-0.2, -0.15) is 16.8 Å². The Balaban J connectivity index is 0.000000689. The second kappa shape index (κ2) is 52.0. The quantitative estimate of drug-likeness (QED) is 0.0276. The minimum Gasteiger partial charge on any atom is -0.492 e. The highest BCUT2D eigenvalue weighted by atomic mass is 32.2. The molecule has 0 aliphatic carbocycles. The van der Waals surface area contributed by atoms with E-state index >= 15 is 0 Å². The zero-order chi connectivity index (χ0) is 76.3. The van der Waals surface area contributed by atoms with Crippen LogP contribution in [0, 0.1) is 0 Å². The highest BCUT2D eigenvalue weighted by Gasteiger charge is 2.11. The Morgan fingerprint density at radius 2 is 0.608 bits per heavy atom. The lowest BCUT2D eigenvalue weighted by Crippen LogP contribution is -2.27. The number of ether oxygens (including phenoxy) is 2. The Hall–Kier alpha value is -10.0. The van der Waals surface area contributed by atoms with Gasteiger partial charge in [-0.25, -0.2) is 0 Å². The molecule has 23 nitrogen and oxygen atoms in total. The molecule has 27 heteroatoms. The summed E-state index contributed by atoms with van der Waals surface area (Å²) < 4.78 is 118. The molecule has 0 radical (unpaired) electrons. The van der Waals surface area contributed by atoms with E-state index in [0.29, 0.717) is 24.3 Å². The van der Waals surface area contributed by atoms with Crippen molar-refractivity contribution >= 4 is 107 Å². The molecule has 0 amide bonds. The summed E-state index contributed by atoms with van der Waals surface area (Å²) in [5.74, 6) is -0.830. The number of carbonyl (C=O) groups excluding carboxylic acids is 3. The van der Waals surface area contributed by atoms with Crippen molar-refractivity contribution in [1.29, 1.82) is 0 Å². The van der Waals surface area contributed by atoms with Crippen molar-refractivity contribution < 1.29 is 94.1 Å². The van der Waals surface area contributed by atoms with Crippen LogP contribution >= 0.6 is 0 Å². The van der Waals surface area contributed by atoms with Crippen molar-refractivity contribution in [3.05, 3.63) is 227 Å². The number of carboxylic acid groups (broad SMARTS) is 2. The van der Waals surface area contributed by atoms with Crippen molar-refractivity contribution in [2.45, 2.75) is 81.1 Å². The first-order chi connectivity index (χ1) is 48.5. The largest absolute Gasteiger partial charge is 0.492 e. The van der Waals surface area contributed by atoms with Crippen LogP contribution in [0.15, 0.2) is 182 Å². The van der Waals surface area contributed by atoms with Crippen molar-refractivity contribution in [3.63, 3.8) is 0 Å². The van der Waals surface area contributed by atoms with Gasteiger partial charge in [-0.1, -0.05) is 175 Å². The molecule has 102 heavy (non-hydrogen) atoms. The first-order valence-corrected chi connectivity index (χ1v) is 37.5. The van der Waals surface area contributed by atoms with Crippen molar-refractivity contribution in [3.8, 4) is 23.0 Å². The second-order valence-electron chi connectivity index (χ2n) is 21.0. The van der Waals surface area contributed by atoms with Crippen LogP contribution in [0.4, 0.5) is 0 Å². The number of aliphatic carboxylic acids is 2. The van der Waals surface area contributed by atoms with E-state index in [1.54, 1.807) is 48.6 Å². The fourth-order valence-electron chi connectivity index (χ4n) is 8.12. The molecule has 0 saturated heterocycles. The molecule has 550 valence electrons. The number of benzene rings is 6.